The van der Waals surface area contributed by atoms with Crippen molar-refractivity contribution in [1.29, 1.82) is 0 Å². The van der Waals surface area contributed by atoms with E-state index in [1.807, 2.05) is 54.6 Å². The molecule has 2 aliphatic heterocycles. The van der Waals surface area contributed by atoms with Gasteiger partial charge in [0.25, 0.3) is 0 Å². The molecule has 2 aliphatic rings. The lowest BCUT2D eigenvalue weighted by molar-refractivity contribution is 0.0944. The average molecular weight is 399 g/mol. The maximum atomic E-state index is 13.0. The lowest BCUT2D eigenvalue weighted by Gasteiger charge is -2.41. The molecule has 0 saturated carbocycles. The Labute approximate surface area is 171 Å². The van der Waals surface area contributed by atoms with E-state index < -0.39 is 11.4 Å². The highest BCUT2D eigenvalue weighted by atomic mass is 32.2. The summed E-state index contributed by atoms with van der Waals surface area (Å²) in [4.78, 5) is 3.52. The zero-order chi connectivity index (χ0) is 19.3. The van der Waals surface area contributed by atoms with Crippen molar-refractivity contribution >= 4 is 11.4 Å². The van der Waals surface area contributed by atoms with Crippen LogP contribution in [-0.2, 0) is 11.4 Å². The van der Waals surface area contributed by atoms with Gasteiger partial charge in [0.1, 0.15) is 11.5 Å². The molecule has 2 aromatic rings. The van der Waals surface area contributed by atoms with Gasteiger partial charge in [0.05, 0.1) is 11.4 Å². The van der Waals surface area contributed by atoms with E-state index in [4.69, 9.17) is 4.74 Å². The van der Waals surface area contributed by atoms with Gasteiger partial charge < -0.3 is 14.2 Å². The zero-order valence-corrected chi connectivity index (χ0v) is 17.4. The van der Waals surface area contributed by atoms with E-state index >= 15 is 0 Å². The first kappa shape index (κ1) is 19.8. The SMILES string of the molecule is CC1CCCN(C2CCN([S+]([O-])c3ccc(Oc4ccccc4)cc3)CC2)C1. The Kier molecular flexibility index (Phi) is 6.58. The van der Waals surface area contributed by atoms with E-state index in [9.17, 15) is 4.55 Å². The molecule has 2 fully saturated rings. The van der Waals surface area contributed by atoms with Crippen LogP contribution in [0.4, 0.5) is 0 Å². The third-order valence-corrected chi connectivity index (χ3v) is 7.38. The van der Waals surface area contributed by atoms with E-state index in [0.717, 1.165) is 48.2 Å². The summed E-state index contributed by atoms with van der Waals surface area (Å²) in [6, 6.07) is 18.0. The second-order valence-electron chi connectivity index (χ2n) is 8.04. The Balaban J connectivity index is 1.30. The van der Waals surface area contributed by atoms with Crippen molar-refractivity contribution in [2.24, 2.45) is 5.92 Å². The molecule has 0 spiro atoms. The van der Waals surface area contributed by atoms with Crippen LogP contribution in [0, 0.1) is 5.92 Å². The number of para-hydroxylation sites is 1. The second kappa shape index (κ2) is 9.31. The van der Waals surface area contributed by atoms with Gasteiger partial charge in [-0.2, -0.15) is 0 Å². The molecule has 5 heteroatoms. The number of ether oxygens (including phenoxy) is 1. The fourth-order valence-corrected chi connectivity index (χ4v) is 5.54. The van der Waals surface area contributed by atoms with E-state index in [-0.39, 0.29) is 0 Å². The number of hydrogen-bond acceptors (Lipinski definition) is 4. The standard InChI is InChI=1S/C23H30N2O2S/c1-19-6-5-15-24(18-19)20-13-16-25(17-14-20)28(26)23-11-9-22(10-12-23)27-21-7-3-2-4-8-21/h2-4,7-12,19-20H,5-6,13-18H2,1H3. The molecule has 0 N–H and O–H groups in total. The van der Waals surface area contributed by atoms with E-state index in [0.29, 0.717) is 6.04 Å². The summed E-state index contributed by atoms with van der Waals surface area (Å²) in [6.45, 7) is 6.65. The van der Waals surface area contributed by atoms with Gasteiger partial charge in [-0.15, -0.1) is 4.31 Å². The minimum absolute atomic E-state index is 0.664. The normalized spacial score (nSPS) is 23.4. The smallest absolute Gasteiger partial charge is 0.174 e. The van der Waals surface area contributed by atoms with Crippen LogP contribution in [0.3, 0.4) is 0 Å². The van der Waals surface area contributed by atoms with Gasteiger partial charge in [0.15, 0.2) is 4.90 Å². The number of piperidine rings is 2. The monoisotopic (exact) mass is 398 g/mol. The highest BCUT2D eigenvalue weighted by molar-refractivity contribution is 7.89. The van der Waals surface area contributed by atoms with Crippen LogP contribution in [0.15, 0.2) is 59.5 Å². The molecule has 2 unspecified atom stereocenters. The lowest BCUT2D eigenvalue weighted by atomic mass is 9.96. The Morgan fingerprint density at radius 1 is 0.893 bits per heavy atom. The molecular formula is C23H30N2O2S. The molecule has 0 aromatic heterocycles. The molecule has 0 amide bonds. The van der Waals surface area contributed by atoms with Crippen molar-refractivity contribution in [3.63, 3.8) is 0 Å². The average Bonchev–Trinajstić information content (AvgIpc) is 2.75. The molecule has 0 aliphatic carbocycles. The van der Waals surface area contributed by atoms with Crippen LogP contribution >= 0.6 is 0 Å². The number of nitrogens with zero attached hydrogens (tertiary/aromatic N) is 2. The number of benzene rings is 2. The van der Waals surface area contributed by atoms with Crippen LogP contribution in [0.5, 0.6) is 11.5 Å². The van der Waals surface area contributed by atoms with Crippen molar-refractivity contribution in [3.8, 4) is 11.5 Å². The summed E-state index contributed by atoms with van der Waals surface area (Å²) in [6.07, 6.45) is 4.93. The second-order valence-corrected chi connectivity index (χ2v) is 9.52. The summed E-state index contributed by atoms with van der Waals surface area (Å²) < 4.78 is 20.9. The molecular weight excluding hydrogens is 368 g/mol. The maximum absolute atomic E-state index is 13.0. The van der Waals surface area contributed by atoms with Crippen molar-refractivity contribution in [3.05, 3.63) is 54.6 Å². The summed E-state index contributed by atoms with van der Waals surface area (Å²) in [5.41, 5.74) is 0. The summed E-state index contributed by atoms with van der Waals surface area (Å²) in [5.74, 6) is 2.40. The molecule has 150 valence electrons. The minimum Gasteiger partial charge on any atom is -0.593 e. The van der Waals surface area contributed by atoms with Crippen molar-refractivity contribution in [2.45, 2.75) is 43.5 Å². The van der Waals surface area contributed by atoms with Crippen molar-refractivity contribution in [2.75, 3.05) is 26.2 Å². The van der Waals surface area contributed by atoms with E-state index in [1.54, 1.807) is 0 Å². The van der Waals surface area contributed by atoms with Gasteiger partial charge in [-0.1, -0.05) is 25.1 Å². The molecule has 0 radical (unpaired) electrons. The first-order valence-corrected chi connectivity index (χ1v) is 11.5. The predicted molar refractivity (Wildman–Crippen MR) is 114 cm³/mol. The van der Waals surface area contributed by atoms with Crippen LogP contribution < -0.4 is 4.74 Å². The molecule has 2 saturated heterocycles. The number of hydrogen-bond donors (Lipinski definition) is 0. The first-order chi connectivity index (χ1) is 13.7. The minimum atomic E-state index is -1.09. The van der Waals surface area contributed by atoms with E-state index in [2.05, 4.69) is 16.1 Å². The maximum Gasteiger partial charge on any atom is 0.174 e. The highest BCUT2D eigenvalue weighted by Crippen LogP contribution is 2.28. The molecule has 4 rings (SSSR count). The predicted octanol–water partition coefficient (Wildman–Crippen LogP) is 4.70. The van der Waals surface area contributed by atoms with Crippen LogP contribution in [0.25, 0.3) is 0 Å². The van der Waals surface area contributed by atoms with Gasteiger partial charge in [-0.3, -0.25) is 0 Å². The lowest BCUT2D eigenvalue weighted by Crippen LogP contribution is -2.49. The Bertz CT molecular complexity index is 732. The van der Waals surface area contributed by atoms with Gasteiger partial charge in [-0.25, -0.2) is 0 Å². The Hall–Kier alpha value is -1.53. The molecule has 2 atom stereocenters. The fourth-order valence-electron chi connectivity index (χ4n) is 4.33. The molecule has 2 heterocycles. The van der Waals surface area contributed by atoms with Crippen LogP contribution in [0.1, 0.15) is 32.6 Å². The van der Waals surface area contributed by atoms with Gasteiger partial charge in [-0.05, 0) is 74.5 Å². The molecule has 0 bridgehead atoms. The highest BCUT2D eigenvalue weighted by Gasteiger charge is 2.32. The first-order valence-electron chi connectivity index (χ1n) is 10.4. The van der Waals surface area contributed by atoms with Crippen LogP contribution in [0.2, 0.25) is 0 Å². The molecule has 2 aromatic carbocycles. The third-order valence-electron chi connectivity index (χ3n) is 5.87. The quantitative estimate of drug-likeness (QED) is 0.685. The largest absolute Gasteiger partial charge is 0.593 e. The van der Waals surface area contributed by atoms with Crippen LogP contribution in [-0.4, -0.2) is 46.0 Å². The third kappa shape index (κ3) is 4.90. The van der Waals surface area contributed by atoms with Gasteiger partial charge >= 0.3 is 0 Å². The summed E-state index contributed by atoms with van der Waals surface area (Å²) >= 11 is -1.09. The summed E-state index contributed by atoms with van der Waals surface area (Å²) in [7, 11) is 0. The van der Waals surface area contributed by atoms with Crippen molar-refractivity contribution < 1.29 is 9.29 Å². The fraction of sp³-hybridized carbons (Fsp3) is 0.478. The Morgan fingerprint density at radius 3 is 2.25 bits per heavy atom. The van der Waals surface area contributed by atoms with E-state index in [1.165, 1.54) is 25.9 Å². The number of likely N-dealkylation sites (tertiary alicyclic amines) is 1. The summed E-state index contributed by atoms with van der Waals surface area (Å²) in [5, 5.41) is 0. The zero-order valence-electron chi connectivity index (χ0n) is 16.6. The van der Waals surface area contributed by atoms with Gasteiger partial charge in [0, 0.05) is 25.7 Å². The molecule has 4 nitrogen and oxygen atoms in total. The molecule has 28 heavy (non-hydrogen) atoms. The topological polar surface area (TPSA) is 38.8 Å². The Morgan fingerprint density at radius 2 is 1.57 bits per heavy atom. The van der Waals surface area contributed by atoms with Crippen molar-refractivity contribution in [1.82, 2.24) is 9.21 Å². The number of rotatable bonds is 5. The van der Waals surface area contributed by atoms with Gasteiger partial charge in [0.2, 0.25) is 0 Å².